The molecule has 1 aliphatic carbocycles. The van der Waals surface area contributed by atoms with Gasteiger partial charge in [0.1, 0.15) is 0 Å². The molecule has 0 saturated heterocycles. The maximum absolute atomic E-state index is 13.2. The van der Waals surface area contributed by atoms with Crippen molar-refractivity contribution in [2.45, 2.75) is 25.7 Å². The standard InChI is InChI=1S/C19H19ClO7S/c1-9-8-19(2,3)15(18(24)25)14(13(9)17(22)23)16(21)11-6-5-10(7-12(11)20)28(4,26)27/h5-8,15H,1-4H3,(H,22,23)(H,24,25). The molecule has 0 saturated carbocycles. The van der Waals surface area contributed by atoms with E-state index in [0.29, 0.717) is 0 Å². The van der Waals surface area contributed by atoms with Gasteiger partial charge in [-0.1, -0.05) is 31.5 Å². The van der Waals surface area contributed by atoms with E-state index in [1.807, 2.05) is 0 Å². The van der Waals surface area contributed by atoms with Gasteiger partial charge < -0.3 is 10.2 Å². The van der Waals surface area contributed by atoms with Gasteiger partial charge in [-0.2, -0.15) is 0 Å². The third kappa shape index (κ3) is 3.88. The summed E-state index contributed by atoms with van der Waals surface area (Å²) >= 11 is 6.09. The van der Waals surface area contributed by atoms with E-state index < -0.39 is 38.9 Å². The molecule has 0 radical (unpaired) electrons. The lowest BCUT2D eigenvalue weighted by Gasteiger charge is -2.35. The maximum Gasteiger partial charge on any atom is 0.336 e. The third-order valence-corrected chi connectivity index (χ3v) is 6.03. The Labute approximate surface area is 167 Å². The molecule has 1 aromatic carbocycles. The van der Waals surface area contributed by atoms with Gasteiger partial charge in [-0.25, -0.2) is 13.2 Å². The second kappa shape index (κ2) is 7.18. The highest BCUT2D eigenvalue weighted by Gasteiger charge is 2.45. The lowest BCUT2D eigenvalue weighted by Crippen LogP contribution is -2.38. The fourth-order valence-electron chi connectivity index (χ4n) is 3.47. The maximum atomic E-state index is 13.2. The lowest BCUT2D eigenvalue weighted by molar-refractivity contribution is -0.143. The minimum atomic E-state index is -3.57. The smallest absolute Gasteiger partial charge is 0.336 e. The summed E-state index contributed by atoms with van der Waals surface area (Å²) in [5.41, 5.74) is -1.71. The van der Waals surface area contributed by atoms with E-state index in [-0.39, 0.29) is 32.2 Å². The molecular weight excluding hydrogens is 408 g/mol. The van der Waals surface area contributed by atoms with Gasteiger partial charge in [-0.15, -0.1) is 0 Å². The summed E-state index contributed by atoms with van der Waals surface area (Å²) < 4.78 is 23.3. The summed E-state index contributed by atoms with van der Waals surface area (Å²) in [4.78, 5) is 36.8. The summed E-state index contributed by atoms with van der Waals surface area (Å²) in [5, 5.41) is 19.1. The van der Waals surface area contributed by atoms with Crippen LogP contribution in [0, 0.1) is 11.3 Å². The molecule has 1 atom stereocenters. The van der Waals surface area contributed by atoms with Crippen LogP contribution in [0.2, 0.25) is 5.02 Å². The minimum Gasteiger partial charge on any atom is -0.481 e. The molecule has 1 aliphatic rings. The van der Waals surface area contributed by atoms with Crippen LogP contribution in [0.5, 0.6) is 0 Å². The van der Waals surface area contributed by atoms with E-state index in [4.69, 9.17) is 11.6 Å². The highest BCUT2D eigenvalue weighted by Crippen LogP contribution is 2.44. The van der Waals surface area contributed by atoms with Gasteiger partial charge in [0.2, 0.25) is 0 Å². The zero-order valence-corrected chi connectivity index (χ0v) is 17.2. The Kier molecular flexibility index (Phi) is 5.60. The second-order valence-corrected chi connectivity index (χ2v) is 9.68. The van der Waals surface area contributed by atoms with Gasteiger partial charge in [0.25, 0.3) is 0 Å². The lowest BCUT2D eigenvalue weighted by atomic mass is 9.66. The number of ketones is 1. The molecule has 0 amide bonds. The number of hydrogen-bond donors (Lipinski definition) is 2. The van der Waals surface area contributed by atoms with Crippen molar-refractivity contribution in [1.82, 2.24) is 0 Å². The number of sulfone groups is 1. The molecule has 0 heterocycles. The summed E-state index contributed by atoms with van der Waals surface area (Å²) in [5.74, 6) is -5.06. The van der Waals surface area contributed by atoms with Crippen LogP contribution >= 0.6 is 11.6 Å². The van der Waals surface area contributed by atoms with Crippen LogP contribution in [0.25, 0.3) is 0 Å². The van der Waals surface area contributed by atoms with E-state index >= 15 is 0 Å². The number of carbonyl (C=O) groups is 3. The van der Waals surface area contributed by atoms with Crippen LogP contribution in [-0.4, -0.2) is 42.6 Å². The largest absolute Gasteiger partial charge is 0.481 e. The quantitative estimate of drug-likeness (QED) is 0.693. The van der Waals surface area contributed by atoms with Crippen LogP contribution in [0.3, 0.4) is 0 Å². The number of halogens is 1. The first-order chi connectivity index (χ1) is 12.7. The number of carboxylic acids is 2. The zero-order chi connectivity index (χ0) is 21.6. The van der Waals surface area contributed by atoms with Crippen molar-refractivity contribution in [3.8, 4) is 0 Å². The van der Waals surface area contributed by atoms with Crippen LogP contribution in [0.1, 0.15) is 31.1 Å². The van der Waals surface area contributed by atoms with Crippen LogP contribution in [0.4, 0.5) is 0 Å². The molecule has 7 nitrogen and oxygen atoms in total. The summed E-state index contributed by atoms with van der Waals surface area (Å²) in [6, 6.07) is 3.41. The highest BCUT2D eigenvalue weighted by molar-refractivity contribution is 7.90. The number of hydrogen-bond acceptors (Lipinski definition) is 5. The van der Waals surface area contributed by atoms with Crippen molar-refractivity contribution in [2.24, 2.45) is 11.3 Å². The van der Waals surface area contributed by atoms with E-state index in [1.54, 1.807) is 13.8 Å². The number of Topliss-reactive ketones (excluding diaryl/α,β-unsaturated/α-hetero) is 1. The molecule has 9 heteroatoms. The Bertz CT molecular complexity index is 1060. The van der Waals surface area contributed by atoms with Crippen molar-refractivity contribution in [2.75, 3.05) is 6.26 Å². The van der Waals surface area contributed by atoms with Crippen molar-refractivity contribution >= 4 is 39.2 Å². The molecule has 150 valence electrons. The Hall–Kier alpha value is -2.45. The third-order valence-electron chi connectivity index (χ3n) is 4.60. The van der Waals surface area contributed by atoms with Crippen molar-refractivity contribution < 1.29 is 33.0 Å². The van der Waals surface area contributed by atoms with Crippen molar-refractivity contribution in [3.05, 3.63) is 51.6 Å². The first-order valence-electron chi connectivity index (χ1n) is 8.13. The monoisotopic (exact) mass is 426 g/mol. The molecule has 0 spiro atoms. The highest BCUT2D eigenvalue weighted by atomic mass is 35.5. The number of benzene rings is 1. The predicted molar refractivity (Wildman–Crippen MR) is 102 cm³/mol. The minimum absolute atomic E-state index is 0.115. The normalized spacial score (nSPS) is 19.2. The van der Waals surface area contributed by atoms with Gasteiger partial charge in [-0.3, -0.25) is 9.59 Å². The van der Waals surface area contributed by atoms with E-state index in [0.717, 1.165) is 18.4 Å². The number of rotatable bonds is 5. The topological polar surface area (TPSA) is 126 Å². The van der Waals surface area contributed by atoms with Crippen molar-refractivity contribution in [3.63, 3.8) is 0 Å². The van der Waals surface area contributed by atoms with Gasteiger partial charge in [0.05, 0.1) is 21.4 Å². The van der Waals surface area contributed by atoms with Crippen LogP contribution in [0.15, 0.2) is 45.9 Å². The summed E-state index contributed by atoms with van der Waals surface area (Å²) in [7, 11) is -3.57. The molecule has 1 aromatic rings. The van der Waals surface area contributed by atoms with Crippen molar-refractivity contribution in [1.29, 1.82) is 0 Å². The van der Waals surface area contributed by atoms with Gasteiger partial charge in [-0.05, 0) is 30.7 Å². The first-order valence-corrected chi connectivity index (χ1v) is 10.4. The molecule has 2 rings (SSSR count). The van der Waals surface area contributed by atoms with Crippen LogP contribution < -0.4 is 0 Å². The fraction of sp³-hybridized carbons (Fsp3) is 0.316. The Morgan fingerprint density at radius 3 is 2.14 bits per heavy atom. The van der Waals surface area contributed by atoms with Gasteiger partial charge >= 0.3 is 11.9 Å². The average molecular weight is 427 g/mol. The first kappa shape index (κ1) is 21.8. The number of carbonyl (C=O) groups excluding carboxylic acids is 1. The van der Waals surface area contributed by atoms with Crippen LogP contribution in [-0.2, 0) is 19.4 Å². The average Bonchev–Trinajstić information content (AvgIpc) is 2.50. The number of carboxylic acid groups (broad SMARTS) is 2. The Morgan fingerprint density at radius 2 is 1.71 bits per heavy atom. The van der Waals surface area contributed by atoms with E-state index in [1.165, 1.54) is 19.1 Å². The molecule has 28 heavy (non-hydrogen) atoms. The Balaban J connectivity index is 2.78. The molecule has 0 bridgehead atoms. The molecule has 0 aromatic heterocycles. The SMILES string of the molecule is CC1=CC(C)(C)C(C(=O)O)C(C(=O)c2ccc(S(C)(=O)=O)cc2Cl)=C1C(=O)O. The number of aliphatic carboxylic acids is 2. The molecule has 1 unspecified atom stereocenters. The van der Waals surface area contributed by atoms with Gasteiger partial charge in [0.15, 0.2) is 15.6 Å². The predicted octanol–water partition coefficient (Wildman–Crippen LogP) is 2.99. The van der Waals surface area contributed by atoms with E-state index in [2.05, 4.69) is 0 Å². The molecule has 0 aliphatic heterocycles. The second-order valence-electron chi connectivity index (χ2n) is 7.26. The fourth-order valence-corrected chi connectivity index (χ4v) is 4.45. The summed E-state index contributed by atoms with van der Waals surface area (Å²) in [6.45, 7) is 4.68. The van der Waals surface area contributed by atoms with E-state index in [9.17, 15) is 33.0 Å². The zero-order valence-electron chi connectivity index (χ0n) is 15.6. The molecular formula is C19H19ClO7S. The number of allylic oxidation sites excluding steroid dienone is 1. The van der Waals surface area contributed by atoms with Gasteiger partial charge in [0, 0.05) is 22.8 Å². The molecule has 0 fully saturated rings. The molecule has 2 N–H and O–H groups in total. The summed E-state index contributed by atoms with van der Waals surface area (Å²) in [6.07, 6.45) is 2.49. The Morgan fingerprint density at radius 1 is 1.14 bits per heavy atom.